The number of aromatic nitrogens is 3. The zero-order chi connectivity index (χ0) is 19.5. The molecule has 0 bridgehead atoms. The van der Waals surface area contributed by atoms with Crippen LogP contribution in [0.2, 0.25) is 0 Å². The van der Waals surface area contributed by atoms with Crippen LogP contribution in [0.25, 0.3) is 0 Å². The Morgan fingerprint density at radius 1 is 1.32 bits per heavy atom. The van der Waals surface area contributed by atoms with Crippen LogP contribution in [0.5, 0.6) is 0 Å². The van der Waals surface area contributed by atoms with Gasteiger partial charge in [-0.15, -0.1) is 0 Å². The largest absolute Gasteiger partial charge is 0.336 e. The van der Waals surface area contributed by atoms with Crippen molar-refractivity contribution in [3.8, 4) is 0 Å². The van der Waals surface area contributed by atoms with E-state index in [1.807, 2.05) is 12.3 Å². The maximum atomic E-state index is 13.1. The minimum Gasteiger partial charge on any atom is -0.336 e. The van der Waals surface area contributed by atoms with Gasteiger partial charge in [0.2, 0.25) is 5.91 Å². The number of likely N-dealkylation sites (tertiary alicyclic amines) is 1. The Balaban J connectivity index is 1.29. The van der Waals surface area contributed by atoms with Crippen molar-refractivity contribution in [2.24, 2.45) is 11.3 Å². The van der Waals surface area contributed by atoms with Crippen LogP contribution in [-0.2, 0) is 17.8 Å². The van der Waals surface area contributed by atoms with E-state index in [0.717, 1.165) is 37.3 Å². The molecule has 5 heteroatoms. The molecule has 3 aliphatic rings. The van der Waals surface area contributed by atoms with Crippen LogP contribution in [0.4, 0.5) is 0 Å². The number of hydrogen-bond donors (Lipinski definition) is 0. The maximum Gasteiger partial charge on any atom is 0.224 e. The summed E-state index contributed by atoms with van der Waals surface area (Å²) in [4.78, 5) is 19.4. The lowest BCUT2D eigenvalue weighted by Gasteiger charge is -2.36. The van der Waals surface area contributed by atoms with Gasteiger partial charge in [-0.05, 0) is 61.5 Å². The first-order valence-corrected chi connectivity index (χ1v) is 10.7. The highest BCUT2D eigenvalue weighted by Gasteiger charge is 2.63. The normalized spacial score (nSPS) is 27.4. The molecule has 2 fully saturated rings. The number of amides is 1. The highest BCUT2D eigenvalue weighted by molar-refractivity contribution is 5.76. The van der Waals surface area contributed by atoms with E-state index >= 15 is 0 Å². The molecule has 0 N–H and O–H groups in total. The van der Waals surface area contributed by atoms with Gasteiger partial charge in [-0.2, -0.15) is 5.10 Å². The number of hydrogen-bond acceptors (Lipinski definition) is 3. The summed E-state index contributed by atoms with van der Waals surface area (Å²) in [6.07, 6.45) is 8.67. The fourth-order valence-corrected chi connectivity index (χ4v) is 5.85. The Labute approximate surface area is 167 Å². The lowest BCUT2D eigenvalue weighted by atomic mass is 9.96. The van der Waals surface area contributed by atoms with Crippen molar-refractivity contribution in [3.63, 3.8) is 0 Å². The number of carbonyl (C=O) groups excluding carboxylic acids is 1. The molecule has 5 rings (SSSR count). The molecule has 148 valence electrons. The number of nitrogens with zero attached hydrogens (tertiary/aromatic N) is 4. The van der Waals surface area contributed by atoms with E-state index in [-0.39, 0.29) is 11.9 Å². The standard InChI is InChI=1S/C23H30N4O/c1-15-21-19(13-17-22(21)23(17,2)3)27(25-15)12-9-20(28)26-11-5-4-8-18(26)16-7-6-10-24-14-16/h6-7,10,14,17-18,22H,4-5,8-9,11-13H2,1-3H3/t17-,18+,22+/m0/s1. The minimum absolute atomic E-state index is 0.175. The molecule has 0 unspecified atom stereocenters. The summed E-state index contributed by atoms with van der Waals surface area (Å²) in [5.74, 6) is 1.71. The molecule has 28 heavy (non-hydrogen) atoms. The zero-order valence-corrected chi connectivity index (χ0v) is 17.2. The van der Waals surface area contributed by atoms with E-state index in [9.17, 15) is 4.79 Å². The quantitative estimate of drug-likeness (QED) is 0.807. The number of rotatable bonds is 4. The molecule has 2 aromatic heterocycles. The van der Waals surface area contributed by atoms with Crippen LogP contribution >= 0.6 is 0 Å². The minimum atomic E-state index is 0.175. The first kappa shape index (κ1) is 17.9. The lowest BCUT2D eigenvalue weighted by molar-refractivity contribution is -0.135. The molecule has 0 spiro atoms. The monoisotopic (exact) mass is 378 g/mol. The van der Waals surface area contributed by atoms with E-state index in [2.05, 4.69) is 41.4 Å². The number of carbonyl (C=O) groups is 1. The summed E-state index contributed by atoms with van der Waals surface area (Å²) in [6, 6.07) is 4.24. The summed E-state index contributed by atoms with van der Waals surface area (Å²) >= 11 is 0. The number of piperidine rings is 1. The van der Waals surface area contributed by atoms with E-state index in [1.165, 1.54) is 23.4 Å². The molecule has 3 atom stereocenters. The summed E-state index contributed by atoms with van der Waals surface area (Å²) in [7, 11) is 0. The molecule has 2 aromatic rings. The molecule has 1 saturated heterocycles. The molecule has 2 aliphatic carbocycles. The lowest BCUT2D eigenvalue weighted by Crippen LogP contribution is -2.39. The van der Waals surface area contributed by atoms with Crippen LogP contribution in [0, 0.1) is 18.3 Å². The second-order valence-corrected chi connectivity index (χ2v) is 9.41. The second-order valence-electron chi connectivity index (χ2n) is 9.41. The van der Waals surface area contributed by atoms with Gasteiger partial charge in [0, 0.05) is 43.2 Å². The van der Waals surface area contributed by atoms with Gasteiger partial charge in [-0.25, -0.2) is 0 Å². The molecular weight excluding hydrogens is 348 g/mol. The third kappa shape index (κ3) is 2.70. The van der Waals surface area contributed by atoms with Crippen LogP contribution in [0.1, 0.15) is 74.0 Å². The molecule has 1 amide bonds. The summed E-state index contributed by atoms with van der Waals surface area (Å²) in [6.45, 7) is 8.44. The van der Waals surface area contributed by atoms with Crippen molar-refractivity contribution >= 4 is 5.91 Å². The molecule has 3 heterocycles. The zero-order valence-electron chi connectivity index (χ0n) is 17.2. The van der Waals surface area contributed by atoms with Gasteiger partial charge < -0.3 is 4.90 Å². The van der Waals surface area contributed by atoms with Gasteiger partial charge in [0.05, 0.1) is 11.7 Å². The highest BCUT2D eigenvalue weighted by Crippen LogP contribution is 2.70. The predicted molar refractivity (Wildman–Crippen MR) is 108 cm³/mol. The molecular formula is C23H30N4O. The Morgan fingerprint density at radius 3 is 2.96 bits per heavy atom. The first-order valence-electron chi connectivity index (χ1n) is 10.7. The van der Waals surface area contributed by atoms with E-state index < -0.39 is 0 Å². The average molecular weight is 379 g/mol. The number of pyridine rings is 1. The van der Waals surface area contributed by atoms with Crippen molar-refractivity contribution in [3.05, 3.63) is 47.0 Å². The van der Waals surface area contributed by atoms with Gasteiger partial charge in [-0.1, -0.05) is 19.9 Å². The Hall–Kier alpha value is -2.17. The van der Waals surface area contributed by atoms with Gasteiger partial charge in [0.1, 0.15) is 0 Å². The first-order chi connectivity index (χ1) is 13.5. The van der Waals surface area contributed by atoms with Crippen molar-refractivity contribution < 1.29 is 4.79 Å². The molecule has 0 aromatic carbocycles. The van der Waals surface area contributed by atoms with Crippen LogP contribution in [-0.4, -0.2) is 32.1 Å². The second kappa shape index (κ2) is 6.43. The summed E-state index contributed by atoms with van der Waals surface area (Å²) in [5, 5.41) is 4.81. The van der Waals surface area contributed by atoms with Gasteiger partial charge in [0.25, 0.3) is 0 Å². The molecule has 5 nitrogen and oxygen atoms in total. The van der Waals surface area contributed by atoms with Crippen LogP contribution in [0.3, 0.4) is 0 Å². The number of aryl methyl sites for hydroxylation is 2. The number of fused-ring (bicyclic) bond motifs is 3. The van der Waals surface area contributed by atoms with Crippen molar-refractivity contribution in [1.29, 1.82) is 0 Å². The van der Waals surface area contributed by atoms with Crippen molar-refractivity contribution in [1.82, 2.24) is 19.7 Å². The summed E-state index contributed by atoms with van der Waals surface area (Å²) < 4.78 is 2.13. The van der Waals surface area contributed by atoms with Gasteiger partial charge >= 0.3 is 0 Å². The fraction of sp³-hybridized carbons (Fsp3) is 0.609. The van der Waals surface area contributed by atoms with E-state index in [1.54, 1.807) is 6.20 Å². The molecule has 1 saturated carbocycles. The third-order valence-corrected chi connectivity index (χ3v) is 7.49. The van der Waals surface area contributed by atoms with Crippen molar-refractivity contribution in [2.45, 2.75) is 71.4 Å². The van der Waals surface area contributed by atoms with E-state index in [4.69, 9.17) is 5.10 Å². The smallest absolute Gasteiger partial charge is 0.224 e. The van der Waals surface area contributed by atoms with Crippen molar-refractivity contribution in [2.75, 3.05) is 6.54 Å². The Kier molecular flexibility index (Phi) is 4.11. The third-order valence-electron chi connectivity index (χ3n) is 7.49. The van der Waals surface area contributed by atoms with Gasteiger partial charge in [0.15, 0.2) is 0 Å². The topological polar surface area (TPSA) is 51.0 Å². The average Bonchev–Trinajstić information content (AvgIpc) is 3.04. The SMILES string of the molecule is Cc1nn(CCC(=O)N2CCCC[C@@H]2c2cccnc2)c2c1[C@H]1[C@H](C2)C1(C)C. The molecule has 0 radical (unpaired) electrons. The maximum absolute atomic E-state index is 13.1. The van der Waals surface area contributed by atoms with E-state index in [0.29, 0.717) is 24.3 Å². The Morgan fingerprint density at radius 2 is 2.18 bits per heavy atom. The molecule has 1 aliphatic heterocycles. The fourth-order valence-electron chi connectivity index (χ4n) is 5.85. The highest BCUT2D eigenvalue weighted by atomic mass is 16.2. The van der Waals surface area contributed by atoms with Crippen LogP contribution < -0.4 is 0 Å². The van der Waals surface area contributed by atoms with Crippen LogP contribution in [0.15, 0.2) is 24.5 Å². The van der Waals surface area contributed by atoms with Gasteiger partial charge in [-0.3, -0.25) is 14.5 Å². The predicted octanol–water partition coefficient (Wildman–Crippen LogP) is 4.03. The summed E-state index contributed by atoms with van der Waals surface area (Å²) in [5.41, 5.74) is 5.64. The Bertz CT molecular complexity index is 901.